The zero-order valence-corrected chi connectivity index (χ0v) is 13.2. The first-order valence-electron chi connectivity index (χ1n) is 5.96. The van der Waals surface area contributed by atoms with Gasteiger partial charge in [0.05, 0.1) is 4.47 Å². The van der Waals surface area contributed by atoms with Gasteiger partial charge < -0.3 is 11.1 Å². The van der Waals surface area contributed by atoms with Gasteiger partial charge in [-0.15, -0.1) is 12.4 Å². The molecule has 3 nitrogen and oxygen atoms in total. The summed E-state index contributed by atoms with van der Waals surface area (Å²) in [6, 6.07) is 4.90. The topological polar surface area (TPSA) is 55.1 Å². The lowest BCUT2D eigenvalue weighted by Crippen LogP contribution is -2.34. The molecule has 1 unspecified atom stereocenters. The first-order valence-corrected chi connectivity index (χ1v) is 6.75. The van der Waals surface area contributed by atoms with E-state index in [0.717, 1.165) is 5.56 Å². The Kier molecular flexibility index (Phi) is 8.97. The number of amides is 1. The van der Waals surface area contributed by atoms with Gasteiger partial charge in [-0.3, -0.25) is 4.79 Å². The van der Waals surface area contributed by atoms with Crippen molar-refractivity contribution < 1.29 is 9.18 Å². The molecule has 19 heavy (non-hydrogen) atoms. The van der Waals surface area contributed by atoms with Crippen molar-refractivity contribution in [1.29, 1.82) is 0 Å². The summed E-state index contributed by atoms with van der Waals surface area (Å²) in [6.45, 7) is 2.45. The van der Waals surface area contributed by atoms with Crippen molar-refractivity contribution in [3.8, 4) is 0 Å². The van der Waals surface area contributed by atoms with Crippen LogP contribution in [0.5, 0.6) is 0 Å². The number of halogens is 3. The third-order valence-electron chi connectivity index (χ3n) is 2.54. The van der Waals surface area contributed by atoms with E-state index < -0.39 is 0 Å². The molecule has 0 spiro atoms. The van der Waals surface area contributed by atoms with Crippen molar-refractivity contribution in [2.75, 3.05) is 6.54 Å². The molecule has 0 saturated carbocycles. The number of hydrogen-bond donors (Lipinski definition) is 2. The van der Waals surface area contributed by atoms with E-state index in [1.54, 1.807) is 12.1 Å². The van der Waals surface area contributed by atoms with Crippen LogP contribution in [0.2, 0.25) is 0 Å². The summed E-state index contributed by atoms with van der Waals surface area (Å²) in [4.78, 5) is 11.5. The lowest BCUT2D eigenvalue weighted by atomic mass is 10.1. The second-order valence-electron chi connectivity index (χ2n) is 4.31. The van der Waals surface area contributed by atoms with E-state index in [1.807, 2.05) is 6.92 Å². The fourth-order valence-electron chi connectivity index (χ4n) is 1.68. The Balaban J connectivity index is 0.00000324. The normalized spacial score (nSPS) is 11.6. The van der Waals surface area contributed by atoms with Crippen molar-refractivity contribution >= 4 is 34.2 Å². The molecule has 0 heterocycles. The molecule has 0 aliphatic rings. The monoisotopic (exact) mass is 352 g/mol. The van der Waals surface area contributed by atoms with Crippen molar-refractivity contribution in [2.45, 2.75) is 32.2 Å². The summed E-state index contributed by atoms with van der Waals surface area (Å²) in [5, 5.41) is 2.89. The van der Waals surface area contributed by atoms with Gasteiger partial charge in [0.1, 0.15) is 5.82 Å². The van der Waals surface area contributed by atoms with Gasteiger partial charge >= 0.3 is 0 Å². The van der Waals surface area contributed by atoms with E-state index in [-0.39, 0.29) is 30.2 Å². The average molecular weight is 354 g/mol. The quantitative estimate of drug-likeness (QED) is 0.826. The Morgan fingerprint density at radius 2 is 2.21 bits per heavy atom. The molecule has 1 rings (SSSR count). The highest BCUT2D eigenvalue weighted by Crippen LogP contribution is 2.17. The first kappa shape index (κ1) is 18.4. The van der Waals surface area contributed by atoms with Crippen LogP contribution in [0.25, 0.3) is 0 Å². The second kappa shape index (κ2) is 9.28. The third-order valence-corrected chi connectivity index (χ3v) is 3.15. The minimum absolute atomic E-state index is 0. The van der Waals surface area contributed by atoms with Gasteiger partial charge in [0.2, 0.25) is 5.91 Å². The largest absolute Gasteiger partial charge is 0.353 e. The van der Waals surface area contributed by atoms with Gasteiger partial charge in [0, 0.05) is 12.5 Å². The van der Waals surface area contributed by atoms with Crippen LogP contribution in [0.15, 0.2) is 22.7 Å². The molecular weight excluding hydrogens is 335 g/mol. The molecule has 0 fully saturated rings. The molecule has 108 valence electrons. The molecular formula is C13H19BrClFN2O. The molecule has 0 radical (unpaired) electrons. The van der Waals surface area contributed by atoms with Crippen molar-refractivity contribution in [1.82, 2.24) is 5.32 Å². The lowest BCUT2D eigenvalue weighted by Gasteiger charge is -2.14. The number of nitrogens with one attached hydrogen (secondary N) is 1. The number of carbonyl (C=O) groups is 1. The van der Waals surface area contributed by atoms with Crippen LogP contribution in [-0.4, -0.2) is 18.5 Å². The van der Waals surface area contributed by atoms with Crippen LogP contribution in [0.4, 0.5) is 4.39 Å². The highest BCUT2D eigenvalue weighted by molar-refractivity contribution is 9.10. The lowest BCUT2D eigenvalue weighted by molar-refractivity contribution is -0.121. The number of benzene rings is 1. The van der Waals surface area contributed by atoms with E-state index in [2.05, 4.69) is 21.2 Å². The Morgan fingerprint density at radius 1 is 1.53 bits per heavy atom. The molecule has 1 aromatic carbocycles. The maximum Gasteiger partial charge on any atom is 0.220 e. The summed E-state index contributed by atoms with van der Waals surface area (Å²) in [5.74, 6) is -0.271. The fraction of sp³-hybridized carbons (Fsp3) is 0.462. The van der Waals surface area contributed by atoms with Gasteiger partial charge in [-0.25, -0.2) is 4.39 Å². The zero-order chi connectivity index (χ0) is 13.5. The molecule has 6 heteroatoms. The van der Waals surface area contributed by atoms with Crippen LogP contribution >= 0.6 is 28.3 Å². The summed E-state index contributed by atoms with van der Waals surface area (Å²) in [5.41, 5.74) is 6.32. The summed E-state index contributed by atoms with van der Waals surface area (Å²) < 4.78 is 13.5. The van der Waals surface area contributed by atoms with Crippen LogP contribution in [0.3, 0.4) is 0 Å². The fourth-order valence-corrected chi connectivity index (χ4v) is 2.11. The van der Waals surface area contributed by atoms with Crippen LogP contribution in [0, 0.1) is 5.82 Å². The molecule has 1 atom stereocenters. The van der Waals surface area contributed by atoms with Gasteiger partial charge in [-0.1, -0.05) is 6.07 Å². The molecule has 0 aliphatic carbocycles. The highest BCUT2D eigenvalue weighted by atomic mass is 79.9. The molecule has 0 saturated heterocycles. The van der Waals surface area contributed by atoms with E-state index >= 15 is 0 Å². The second-order valence-corrected chi connectivity index (χ2v) is 5.17. The molecule has 0 aliphatic heterocycles. The number of nitrogens with two attached hydrogens (primary N) is 1. The first-order chi connectivity index (χ1) is 8.52. The minimum atomic E-state index is -0.279. The minimum Gasteiger partial charge on any atom is -0.353 e. The Bertz CT molecular complexity index is 418. The van der Waals surface area contributed by atoms with Crippen LogP contribution in [-0.2, 0) is 11.2 Å². The number of hydrogen-bond acceptors (Lipinski definition) is 2. The molecule has 0 aromatic heterocycles. The molecule has 3 N–H and O–H groups in total. The standard InChI is InChI=1S/C13H18BrFN2O.ClH/c1-9(17-13(18)3-2-6-16)7-10-4-5-12(15)11(14)8-10;/h4-5,8-9H,2-3,6-7,16H2,1H3,(H,17,18);1H. The van der Waals surface area contributed by atoms with E-state index in [9.17, 15) is 9.18 Å². The smallest absolute Gasteiger partial charge is 0.220 e. The van der Waals surface area contributed by atoms with Gasteiger partial charge in [0.15, 0.2) is 0 Å². The van der Waals surface area contributed by atoms with Crippen LogP contribution in [0.1, 0.15) is 25.3 Å². The molecule has 0 bridgehead atoms. The van der Waals surface area contributed by atoms with Crippen molar-refractivity contribution in [2.24, 2.45) is 5.73 Å². The van der Waals surface area contributed by atoms with E-state index in [1.165, 1.54) is 6.07 Å². The third kappa shape index (κ3) is 6.89. The van der Waals surface area contributed by atoms with E-state index in [4.69, 9.17) is 5.73 Å². The van der Waals surface area contributed by atoms with E-state index in [0.29, 0.717) is 30.3 Å². The van der Waals surface area contributed by atoms with Gasteiger partial charge in [-0.05, 0) is 59.9 Å². The summed E-state index contributed by atoms with van der Waals surface area (Å²) in [6.07, 6.45) is 1.82. The van der Waals surface area contributed by atoms with Gasteiger partial charge in [0.25, 0.3) is 0 Å². The Labute approximate surface area is 127 Å². The molecule has 1 amide bonds. The zero-order valence-electron chi connectivity index (χ0n) is 10.8. The average Bonchev–Trinajstić information content (AvgIpc) is 2.31. The summed E-state index contributed by atoms with van der Waals surface area (Å²) >= 11 is 3.14. The van der Waals surface area contributed by atoms with Crippen molar-refractivity contribution in [3.05, 3.63) is 34.1 Å². The highest BCUT2D eigenvalue weighted by Gasteiger charge is 2.09. The van der Waals surface area contributed by atoms with Gasteiger partial charge in [-0.2, -0.15) is 0 Å². The number of carbonyl (C=O) groups excluding carboxylic acids is 1. The predicted octanol–water partition coefficient (Wildman–Crippen LogP) is 2.80. The maximum absolute atomic E-state index is 13.1. The maximum atomic E-state index is 13.1. The van der Waals surface area contributed by atoms with Crippen molar-refractivity contribution in [3.63, 3.8) is 0 Å². The SMILES string of the molecule is CC(Cc1ccc(F)c(Br)c1)NC(=O)CCCN.Cl. The van der Waals surface area contributed by atoms with Crippen LogP contribution < -0.4 is 11.1 Å². The predicted molar refractivity (Wildman–Crippen MR) is 80.9 cm³/mol. The Morgan fingerprint density at radius 3 is 2.79 bits per heavy atom. The molecule has 1 aromatic rings. The summed E-state index contributed by atoms with van der Waals surface area (Å²) in [7, 11) is 0. The Hall–Kier alpha value is -0.650. The number of rotatable bonds is 6.